The molecule has 0 bridgehead atoms. The maximum Gasteiger partial charge on any atom is 0.243 e. The van der Waals surface area contributed by atoms with Crippen molar-refractivity contribution in [1.82, 2.24) is 4.31 Å². The number of carbonyl (C=O) groups is 1. The van der Waals surface area contributed by atoms with E-state index in [2.05, 4.69) is 0 Å². The normalized spacial score (nSPS) is 12.0. The van der Waals surface area contributed by atoms with Gasteiger partial charge in [-0.05, 0) is 31.2 Å². The number of rotatable bonds is 5. The van der Waals surface area contributed by atoms with E-state index in [1.54, 1.807) is 12.1 Å². The van der Waals surface area contributed by atoms with Gasteiger partial charge in [0.05, 0.1) is 11.4 Å². The first-order valence-corrected chi connectivity index (χ1v) is 8.87. The van der Waals surface area contributed by atoms with Gasteiger partial charge in [0.25, 0.3) is 0 Å². The monoisotopic (exact) mass is 343 g/mol. The fraction of sp³-hybridized carbons (Fsp3) is 0.167. The van der Waals surface area contributed by atoms with Crippen molar-refractivity contribution in [1.29, 1.82) is 0 Å². The Bertz CT molecular complexity index is 972. The standard InChI is InChI=1S/C18H17NO4S/c1-13(20)14-7-5-8-17(11-14)24(21,22)19(2)12-16-10-15-6-3-4-9-18(15)23-16/h3-11H,12H2,1-2H3. The van der Waals surface area contributed by atoms with E-state index in [-0.39, 0.29) is 17.2 Å². The number of benzene rings is 2. The summed E-state index contributed by atoms with van der Waals surface area (Å²) in [5, 5.41) is 0.928. The van der Waals surface area contributed by atoms with E-state index >= 15 is 0 Å². The lowest BCUT2D eigenvalue weighted by Crippen LogP contribution is -2.26. The molecule has 2 aromatic carbocycles. The van der Waals surface area contributed by atoms with Gasteiger partial charge in [-0.15, -0.1) is 0 Å². The number of hydrogen-bond acceptors (Lipinski definition) is 4. The van der Waals surface area contributed by atoms with Crippen molar-refractivity contribution in [2.45, 2.75) is 18.4 Å². The van der Waals surface area contributed by atoms with Gasteiger partial charge in [-0.25, -0.2) is 8.42 Å². The molecule has 0 saturated heterocycles. The highest BCUT2D eigenvalue weighted by atomic mass is 32.2. The Balaban J connectivity index is 1.88. The second-order valence-electron chi connectivity index (χ2n) is 5.60. The highest BCUT2D eigenvalue weighted by Gasteiger charge is 2.22. The van der Waals surface area contributed by atoms with Gasteiger partial charge in [-0.2, -0.15) is 4.31 Å². The minimum absolute atomic E-state index is 0.0915. The van der Waals surface area contributed by atoms with Crippen LogP contribution in [0.5, 0.6) is 0 Å². The van der Waals surface area contributed by atoms with Crippen LogP contribution >= 0.6 is 0 Å². The topological polar surface area (TPSA) is 67.6 Å². The van der Waals surface area contributed by atoms with Gasteiger partial charge in [-0.1, -0.05) is 30.3 Å². The molecule has 1 aromatic heterocycles. The molecule has 124 valence electrons. The quantitative estimate of drug-likeness (QED) is 0.665. The van der Waals surface area contributed by atoms with Crippen LogP contribution in [0, 0.1) is 0 Å². The van der Waals surface area contributed by atoms with Crippen LogP contribution in [0.25, 0.3) is 11.0 Å². The van der Waals surface area contributed by atoms with Gasteiger partial charge in [0, 0.05) is 18.0 Å². The molecule has 0 aliphatic heterocycles. The number of hydrogen-bond donors (Lipinski definition) is 0. The summed E-state index contributed by atoms with van der Waals surface area (Å²) in [5.74, 6) is 0.386. The van der Waals surface area contributed by atoms with Crippen LogP contribution < -0.4 is 0 Å². The highest BCUT2D eigenvalue weighted by molar-refractivity contribution is 7.89. The van der Waals surface area contributed by atoms with E-state index in [1.807, 2.05) is 30.3 Å². The van der Waals surface area contributed by atoms with Gasteiger partial charge in [0.1, 0.15) is 11.3 Å². The fourth-order valence-corrected chi connectivity index (χ4v) is 3.66. The molecule has 0 aliphatic carbocycles. The van der Waals surface area contributed by atoms with E-state index in [0.29, 0.717) is 11.3 Å². The lowest BCUT2D eigenvalue weighted by molar-refractivity contribution is 0.101. The molecule has 0 spiro atoms. The van der Waals surface area contributed by atoms with Crippen molar-refractivity contribution in [3.05, 3.63) is 65.9 Å². The number of sulfonamides is 1. The highest BCUT2D eigenvalue weighted by Crippen LogP contribution is 2.23. The molecule has 0 saturated carbocycles. The van der Waals surface area contributed by atoms with Crippen molar-refractivity contribution >= 4 is 26.8 Å². The van der Waals surface area contributed by atoms with Crippen molar-refractivity contribution in [2.75, 3.05) is 7.05 Å². The Labute approximate surface area is 140 Å². The molecule has 5 nitrogen and oxygen atoms in total. The number of fused-ring (bicyclic) bond motifs is 1. The Morgan fingerprint density at radius 2 is 1.83 bits per heavy atom. The van der Waals surface area contributed by atoms with Crippen molar-refractivity contribution in [3.8, 4) is 0 Å². The van der Waals surface area contributed by atoms with Crippen LogP contribution in [0.2, 0.25) is 0 Å². The molecule has 3 aromatic rings. The van der Waals surface area contributed by atoms with Gasteiger partial charge in [0.2, 0.25) is 10.0 Å². The summed E-state index contributed by atoms with van der Waals surface area (Å²) in [6.45, 7) is 1.52. The lowest BCUT2D eigenvalue weighted by atomic mass is 10.2. The van der Waals surface area contributed by atoms with Gasteiger partial charge in [-0.3, -0.25) is 4.79 Å². The number of ketones is 1. The molecule has 0 fully saturated rings. The predicted molar refractivity (Wildman–Crippen MR) is 91.3 cm³/mol. The van der Waals surface area contributed by atoms with Crippen molar-refractivity contribution in [2.24, 2.45) is 0 Å². The predicted octanol–water partition coefficient (Wildman–Crippen LogP) is 3.46. The summed E-state index contributed by atoms with van der Waals surface area (Å²) in [7, 11) is -2.22. The first-order chi connectivity index (χ1) is 11.4. The zero-order valence-corrected chi connectivity index (χ0v) is 14.2. The molecule has 0 atom stereocenters. The number of carbonyl (C=O) groups excluding carboxylic acids is 1. The van der Waals surface area contributed by atoms with Crippen LogP contribution in [0.15, 0.2) is 63.9 Å². The zero-order valence-electron chi connectivity index (χ0n) is 13.4. The molecule has 0 amide bonds. The summed E-state index contributed by atoms with van der Waals surface area (Å²) >= 11 is 0. The van der Waals surface area contributed by atoms with E-state index in [1.165, 1.54) is 30.4 Å². The average molecular weight is 343 g/mol. The smallest absolute Gasteiger partial charge is 0.243 e. The SMILES string of the molecule is CC(=O)c1cccc(S(=O)(=O)N(C)Cc2cc3ccccc3o2)c1. The van der Waals surface area contributed by atoms with Crippen LogP contribution in [0.3, 0.4) is 0 Å². The van der Waals surface area contributed by atoms with Gasteiger partial charge in [0.15, 0.2) is 5.78 Å². The molecule has 6 heteroatoms. The van der Waals surface area contributed by atoms with Crippen molar-refractivity contribution < 1.29 is 17.6 Å². The van der Waals surface area contributed by atoms with E-state index in [9.17, 15) is 13.2 Å². The minimum Gasteiger partial charge on any atom is -0.460 e. The Hall–Kier alpha value is -2.44. The van der Waals surface area contributed by atoms with Crippen LogP contribution in [0.1, 0.15) is 23.0 Å². The first kappa shape index (κ1) is 16.4. The third-order valence-corrected chi connectivity index (χ3v) is 5.60. The number of Topliss-reactive ketones (excluding diaryl/α,β-unsaturated/α-hetero) is 1. The molecule has 3 rings (SSSR count). The third kappa shape index (κ3) is 3.11. The fourth-order valence-electron chi connectivity index (χ4n) is 2.47. The molecule has 1 heterocycles. The van der Waals surface area contributed by atoms with Crippen LogP contribution in [0.4, 0.5) is 0 Å². The maximum atomic E-state index is 12.7. The largest absolute Gasteiger partial charge is 0.460 e. The van der Waals surface area contributed by atoms with E-state index in [0.717, 1.165) is 11.0 Å². The van der Waals surface area contributed by atoms with E-state index in [4.69, 9.17) is 4.42 Å². The summed E-state index contributed by atoms with van der Waals surface area (Å²) < 4.78 is 32.3. The second-order valence-corrected chi connectivity index (χ2v) is 7.64. The minimum atomic E-state index is -3.71. The maximum absolute atomic E-state index is 12.7. The summed E-state index contributed by atoms with van der Waals surface area (Å²) in [6.07, 6.45) is 0. The molecule has 24 heavy (non-hydrogen) atoms. The molecule has 0 radical (unpaired) electrons. The summed E-state index contributed by atoms with van der Waals surface area (Å²) in [6, 6.07) is 15.4. The molecular formula is C18H17NO4S. The Morgan fingerprint density at radius 3 is 2.54 bits per heavy atom. The van der Waals surface area contributed by atoms with Gasteiger partial charge >= 0.3 is 0 Å². The van der Waals surface area contributed by atoms with Gasteiger partial charge < -0.3 is 4.42 Å². The number of para-hydroxylation sites is 1. The molecular weight excluding hydrogens is 326 g/mol. The second kappa shape index (κ2) is 6.22. The lowest BCUT2D eigenvalue weighted by Gasteiger charge is -2.16. The van der Waals surface area contributed by atoms with E-state index < -0.39 is 10.0 Å². The van der Waals surface area contributed by atoms with Crippen molar-refractivity contribution in [3.63, 3.8) is 0 Å². The number of nitrogens with zero attached hydrogens (tertiary/aromatic N) is 1. The Kier molecular flexibility index (Phi) is 4.26. The molecule has 0 aliphatic rings. The average Bonchev–Trinajstić information content (AvgIpc) is 2.97. The molecule has 0 unspecified atom stereocenters. The number of furan rings is 1. The molecule has 0 N–H and O–H groups in total. The zero-order chi connectivity index (χ0) is 17.3. The van der Waals surface area contributed by atoms with Crippen LogP contribution in [-0.2, 0) is 16.6 Å². The summed E-state index contributed by atoms with van der Waals surface area (Å²) in [4.78, 5) is 11.6. The summed E-state index contributed by atoms with van der Waals surface area (Å²) in [5.41, 5.74) is 1.09. The Morgan fingerprint density at radius 1 is 1.08 bits per heavy atom. The van der Waals surface area contributed by atoms with Crippen LogP contribution in [-0.4, -0.2) is 25.6 Å². The third-order valence-electron chi connectivity index (χ3n) is 3.80. The first-order valence-electron chi connectivity index (χ1n) is 7.43.